The van der Waals surface area contributed by atoms with E-state index in [2.05, 4.69) is 5.32 Å². The maximum Gasteiger partial charge on any atom is 0.0590 e. The average molecular weight is 248 g/mol. The van der Waals surface area contributed by atoms with Crippen molar-refractivity contribution in [2.24, 2.45) is 0 Å². The van der Waals surface area contributed by atoms with Crippen LogP contribution in [0.3, 0.4) is 0 Å². The minimum atomic E-state index is 0.709. The Morgan fingerprint density at radius 1 is 1.33 bits per heavy atom. The first-order chi connectivity index (χ1) is 7.24. The van der Waals surface area contributed by atoms with Crippen molar-refractivity contribution >= 4 is 23.2 Å². The second-order valence-corrected chi connectivity index (χ2v) is 3.95. The predicted molar refractivity (Wildman–Crippen MR) is 64.7 cm³/mol. The highest BCUT2D eigenvalue weighted by molar-refractivity contribution is 6.33. The van der Waals surface area contributed by atoms with Crippen LogP contribution in [0.2, 0.25) is 10.0 Å². The molecule has 0 spiro atoms. The average Bonchev–Trinajstić information content (AvgIpc) is 2.23. The minimum absolute atomic E-state index is 0.709. The summed E-state index contributed by atoms with van der Waals surface area (Å²) in [4.78, 5) is 0. The molecular weight excluding hydrogens is 233 g/mol. The number of rotatable bonds is 6. The van der Waals surface area contributed by atoms with Gasteiger partial charge in [-0.1, -0.05) is 23.2 Å². The van der Waals surface area contributed by atoms with Gasteiger partial charge in [-0.15, -0.1) is 0 Å². The lowest BCUT2D eigenvalue weighted by Crippen LogP contribution is -2.19. The highest BCUT2D eigenvalue weighted by Crippen LogP contribution is 2.20. The molecular formula is C11H15Cl2NO. The molecule has 0 aromatic heterocycles. The van der Waals surface area contributed by atoms with Crippen molar-refractivity contribution in [3.8, 4) is 0 Å². The Hall–Kier alpha value is -0.280. The first-order valence-electron chi connectivity index (χ1n) is 4.96. The molecule has 0 unspecified atom stereocenters. The van der Waals surface area contributed by atoms with Gasteiger partial charge in [0.2, 0.25) is 0 Å². The van der Waals surface area contributed by atoms with E-state index in [1.54, 1.807) is 6.07 Å². The van der Waals surface area contributed by atoms with Gasteiger partial charge in [-0.25, -0.2) is 0 Å². The van der Waals surface area contributed by atoms with Crippen molar-refractivity contribution in [2.75, 3.05) is 19.8 Å². The SMILES string of the molecule is CCOCCNCc1cc(Cl)ccc1Cl. The summed E-state index contributed by atoms with van der Waals surface area (Å²) in [7, 11) is 0. The molecule has 0 aliphatic rings. The molecule has 0 fully saturated rings. The Bertz CT molecular complexity index is 305. The van der Waals surface area contributed by atoms with E-state index >= 15 is 0 Å². The second kappa shape index (κ2) is 7.07. The van der Waals surface area contributed by atoms with Crippen LogP contribution in [0.1, 0.15) is 12.5 Å². The zero-order valence-electron chi connectivity index (χ0n) is 8.72. The Kier molecular flexibility index (Phi) is 6.03. The van der Waals surface area contributed by atoms with Crippen LogP contribution in [0.5, 0.6) is 0 Å². The summed E-state index contributed by atoms with van der Waals surface area (Å²) in [5.41, 5.74) is 1.01. The summed E-state index contributed by atoms with van der Waals surface area (Å²) in [6.07, 6.45) is 0. The third kappa shape index (κ3) is 4.85. The highest BCUT2D eigenvalue weighted by atomic mass is 35.5. The molecule has 0 bridgehead atoms. The maximum atomic E-state index is 6.01. The van der Waals surface area contributed by atoms with Crippen molar-refractivity contribution in [2.45, 2.75) is 13.5 Å². The first-order valence-corrected chi connectivity index (χ1v) is 5.72. The normalized spacial score (nSPS) is 10.6. The number of hydrogen-bond donors (Lipinski definition) is 1. The molecule has 4 heteroatoms. The van der Waals surface area contributed by atoms with Crippen LogP contribution in [0.15, 0.2) is 18.2 Å². The standard InChI is InChI=1S/C11H15Cl2NO/c1-2-15-6-5-14-8-9-7-10(12)3-4-11(9)13/h3-4,7,14H,2,5-6,8H2,1H3. The molecule has 0 amide bonds. The van der Waals surface area contributed by atoms with Gasteiger partial charge in [0, 0.05) is 29.7 Å². The third-order valence-electron chi connectivity index (χ3n) is 1.95. The summed E-state index contributed by atoms with van der Waals surface area (Å²) >= 11 is 11.9. The van der Waals surface area contributed by atoms with E-state index in [0.717, 1.165) is 23.7 Å². The quantitative estimate of drug-likeness (QED) is 0.781. The molecule has 0 heterocycles. The van der Waals surface area contributed by atoms with Gasteiger partial charge < -0.3 is 10.1 Å². The molecule has 84 valence electrons. The molecule has 0 saturated carbocycles. The largest absolute Gasteiger partial charge is 0.380 e. The fourth-order valence-corrected chi connectivity index (χ4v) is 1.57. The second-order valence-electron chi connectivity index (χ2n) is 3.11. The van der Waals surface area contributed by atoms with Gasteiger partial charge in [-0.05, 0) is 30.7 Å². The summed E-state index contributed by atoms with van der Waals surface area (Å²) in [5, 5.41) is 4.68. The summed E-state index contributed by atoms with van der Waals surface area (Å²) in [6, 6.07) is 5.47. The van der Waals surface area contributed by atoms with Gasteiger partial charge in [0.25, 0.3) is 0 Å². The summed E-state index contributed by atoms with van der Waals surface area (Å²) in [6.45, 7) is 4.98. The molecule has 15 heavy (non-hydrogen) atoms. The Labute approximate surface area is 101 Å². The molecule has 0 radical (unpaired) electrons. The monoisotopic (exact) mass is 247 g/mol. The van der Waals surface area contributed by atoms with E-state index < -0.39 is 0 Å². The predicted octanol–water partition coefficient (Wildman–Crippen LogP) is 3.12. The van der Waals surface area contributed by atoms with Crippen LogP contribution in [-0.2, 0) is 11.3 Å². The fraction of sp³-hybridized carbons (Fsp3) is 0.455. The Morgan fingerprint density at radius 2 is 2.13 bits per heavy atom. The van der Waals surface area contributed by atoms with Crippen LogP contribution in [0, 0.1) is 0 Å². The summed E-state index contributed by atoms with van der Waals surface area (Å²) in [5.74, 6) is 0. The molecule has 0 aliphatic heterocycles. The Morgan fingerprint density at radius 3 is 2.87 bits per heavy atom. The van der Waals surface area contributed by atoms with E-state index in [9.17, 15) is 0 Å². The zero-order valence-corrected chi connectivity index (χ0v) is 10.2. The number of hydrogen-bond acceptors (Lipinski definition) is 2. The molecule has 0 saturated heterocycles. The third-order valence-corrected chi connectivity index (χ3v) is 2.55. The fourth-order valence-electron chi connectivity index (χ4n) is 1.19. The van der Waals surface area contributed by atoms with Gasteiger partial charge in [0.15, 0.2) is 0 Å². The molecule has 1 aromatic carbocycles. The van der Waals surface area contributed by atoms with E-state index in [-0.39, 0.29) is 0 Å². The smallest absolute Gasteiger partial charge is 0.0590 e. The van der Waals surface area contributed by atoms with Crippen LogP contribution in [0.4, 0.5) is 0 Å². The van der Waals surface area contributed by atoms with Crippen molar-refractivity contribution in [1.29, 1.82) is 0 Å². The number of ether oxygens (including phenoxy) is 1. The van der Waals surface area contributed by atoms with Crippen molar-refractivity contribution in [3.63, 3.8) is 0 Å². The van der Waals surface area contributed by atoms with Crippen molar-refractivity contribution in [3.05, 3.63) is 33.8 Å². The van der Waals surface area contributed by atoms with Gasteiger partial charge in [0.1, 0.15) is 0 Å². The topological polar surface area (TPSA) is 21.3 Å². The molecule has 1 N–H and O–H groups in total. The van der Waals surface area contributed by atoms with Gasteiger partial charge in [0.05, 0.1) is 6.61 Å². The van der Waals surface area contributed by atoms with Gasteiger partial charge in [-0.3, -0.25) is 0 Å². The number of benzene rings is 1. The lowest BCUT2D eigenvalue weighted by molar-refractivity contribution is 0.149. The van der Waals surface area contributed by atoms with Crippen LogP contribution in [0.25, 0.3) is 0 Å². The van der Waals surface area contributed by atoms with Gasteiger partial charge >= 0.3 is 0 Å². The lowest BCUT2D eigenvalue weighted by atomic mass is 10.2. The molecule has 1 aromatic rings. The number of nitrogens with one attached hydrogen (secondary N) is 1. The Balaban J connectivity index is 2.33. The van der Waals surface area contributed by atoms with Crippen molar-refractivity contribution in [1.82, 2.24) is 5.32 Å². The van der Waals surface area contributed by atoms with E-state index in [1.807, 2.05) is 19.1 Å². The van der Waals surface area contributed by atoms with E-state index in [0.29, 0.717) is 18.2 Å². The molecule has 2 nitrogen and oxygen atoms in total. The highest BCUT2D eigenvalue weighted by Gasteiger charge is 2.00. The maximum absolute atomic E-state index is 6.01. The van der Waals surface area contributed by atoms with E-state index in [1.165, 1.54) is 0 Å². The first kappa shape index (κ1) is 12.8. The van der Waals surface area contributed by atoms with Crippen LogP contribution >= 0.6 is 23.2 Å². The number of halogens is 2. The van der Waals surface area contributed by atoms with Crippen molar-refractivity contribution < 1.29 is 4.74 Å². The molecule has 1 rings (SSSR count). The van der Waals surface area contributed by atoms with E-state index in [4.69, 9.17) is 27.9 Å². The van der Waals surface area contributed by atoms with Crippen LogP contribution in [-0.4, -0.2) is 19.8 Å². The summed E-state index contributed by atoms with van der Waals surface area (Å²) < 4.78 is 5.20. The molecule has 0 atom stereocenters. The lowest BCUT2D eigenvalue weighted by Gasteiger charge is -2.07. The minimum Gasteiger partial charge on any atom is -0.380 e. The van der Waals surface area contributed by atoms with Crippen LogP contribution < -0.4 is 5.32 Å². The van der Waals surface area contributed by atoms with Gasteiger partial charge in [-0.2, -0.15) is 0 Å². The molecule has 0 aliphatic carbocycles. The zero-order chi connectivity index (χ0) is 11.1.